The highest BCUT2D eigenvalue weighted by molar-refractivity contribution is 6.08. The highest BCUT2D eigenvalue weighted by Crippen LogP contribution is 2.57. The monoisotopic (exact) mass is 728 g/mol. The maximum atomic E-state index is 5.42. The zero-order chi connectivity index (χ0) is 38.1. The fourth-order valence-corrected chi connectivity index (χ4v) is 9.85. The van der Waals surface area contributed by atoms with E-state index in [4.69, 9.17) is 9.98 Å². The van der Waals surface area contributed by atoms with E-state index in [1.54, 1.807) is 0 Å². The van der Waals surface area contributed by atoms with Crippen molar-refractivity contribution in [3.8, 4) is 11.1 Å². The molecule has 3 aromatic rings. The zero-order valence-corrected chi connectivity index (χ0v) is 32.9. The maximum Gasteiger partial charge on any atom is 0.136 e. The van der Waals surface area contributed by atoms with Crippen LogP contribution in [0.5, 0.6) is 0 Å². The SMILES string of the molecule is C=C(N=C(N=C(C)c1ccc2c(c1)C(C1=CCCC=C1)(c1ccccc1)c1ccccc1-2)C1C=CC=CC1)C1=CC2=C(C=CC3C/C(=C\CCC)C=CC23)CC1. The van der Waals surface area contributed by atoms with Gasteiger partial charge in [0.25, 0.3) is 0 Å². The molecule has 56 heavy (non-hydrogen) atoms. The van der Waals surface area contributed by atoms with Gasteiger partial charge >= 0.3 is 0 Å². The predicted molar refractivity (Wildman–Crippen MR) is 237 cm³/mol. The van der Waals surface area contributed by atoms with Gasteiger partial charge in [0.1, 0.15) is 5.84 Å². The molecule has 2 heteroatoms. The summed E-state index contributed by atoms with van der Waals surface area (Å²) in [5.41, 5.74) is 16.1. The normalized spacial score (nSPS) is 25.8. The van der Waals surface area contributed by atoms with Crippen molar-refractivity contribution in [1.82, 2.24) is 0 Å². The van der Waals surface area contributed by atoms with E-state index in [0.717, 1.165) is 67.8 Å². The second-order valence-corrected chi connectivity index (χ2v) is 16.2. The van der Waals surface area contributed by atoms with Crippen LogP contribution in [-0.2, 0) is 5.41 Å². The fourth-order valence-electron chi connectivity index (χ4n) is 9.85. The average molecular weight is 729 g/mol. The summed E-state index contributed by atoms with van der Waals surface area (Å²) in [5, 5.41) is 0. The van der Waals surface area contributed by atoms with Gasteiger partial charge in [-0.25, -0.2) is 9.98 Å². The second-order valence-electron chi connectivity index (χ2n) is 16.2. The second kappa shape index (κ2) is 15.5. The lowest BCUT2D eigenvalue weighted by molar-refractivity contribution is 0.509. The lowest BCUT2D eigenvalue weighted by Gasteiger charge is -2.35. The van der Waals surface area contributed by atoms with Gasteiger partial charge in [-0.3, -0.25) is 0 Å². The molecule has 6 aliphatic rings. The summed E-state index contributed by atoms with van der Waals surface area (Å²) in [6.45, 7) is 9.01. The summed E-state index contributed by atoms with van der Waals surface area (Å²) in [7, 11) is 0. The van der Waals surface area contributed by atoms with Crippen molar-refractivity contribution >= 4 is 11.5 Å². The predicted octanol–water partition coefficient (Wildman–Crippen LogP) is 13.6. The van der Waals surface area contributed by atoms with E-state index >= 15 is 0 Å². The first-order valence-corrected chi connectivity index (χ1v) is 20.9. The van der Waals surface area contributed by atoms with Crippen LogP contribution < -0.4 is 0 Å². The first-order chi connectivity index (χ1) is 27.5. The van der Waals surface area contributed by atoms with E-state index in [1.165, 1.54) is 62.1 Å². The van der Waals surface area contributed by atoms with Crippen LogP contribution in [0, 0.1) is 17.8 Å². The van der Waals surface area contributed by atoms with Crippen LogP contribution in [-0.4, -0.2) is 11.5 Å². The Bertz CT molecular complexity index is 2410. The van der Waals surface area contributed by atoms with Crippen molar-refractivity contribution in [2.24, 2.45) is 27.7 Å². The molecule has 4 atom stereocenters. The largest absolute Gasteiger partial charge is 0.237 e. The third kappa shape index (κ3) is 6.49. The van der Waals surface area contributed by atoms with Crippen molar-refractivity contribution in [2.75, 3.05) is 0 Å². The molecular formula is C54H52N2. The van der Waals surface area contributed by atoms with Crippen molar-refractivity contribution < 1.29 is 0 Å². The van der Waals surface area contributed by atoms with Gasteiger partial charge in [0.2, 0.25) is 0 Å². The van der Waals surface area contributed by atoms with E-state index in [-0.39, 0.29) is 5.92 Å². The van der Waals surface area contributed by atoms with Crippen molar-refractivity contribution in [3.05, 3.63) is 214 Å². The van der Waals surface area contributed by atoms with Gasteiger partial charge in [-0.15, -0.1) is 0 Å². The quantitative estimate of drug-likeness (QED) is 0.163. The molecule has 0 aliphatic heterocycles. The molecule has 9 rings (SSSR count). The van der Waals surface area contributed by atoms with Crippen molar-refractivity contribution in [3.63, 3.8) is 0 Å². The lowest BCUT2D eigenvalue weighted by atomic mass is 9.66. The Morgan fingerprint density at radius 2 is 1.70 bits per heavy atom. The number of benzene rings is 3. The van der Waals surface area contributed by atoms with E-state index in [2.05, 4.69) is 172 Å². The molecule has 6 aliphatic carbocycles. The molecule has 0 radical (unpaired) electrons. The minimum atomic E-state index is -0.405. The van der Waals surface area contributed by atoms with Crippen LogP contribution in [0.15, 0.2) is 202 Å². The number of nitrogens with zero attached hydrogens (tertiary/aromatic N) is 2. The van der Waals surface area contributed by atoms with Gasteiger partial charge in [-0.1, -0.05) is 171 Å². The third-order valence-electron chi connectivity index (χ3n) is 12.7. The summed E-state index contributed by atoms with van der Waals surface area (Å²) in [6.07, 6.45) is 38.8. The molecule has 4 unspecified atom stereocenters. The molecule has 0 N–H and O–H groups in total. The molecule has 0 heterocycles. The van der Waals surface area contributed by atoms with Gasteiger partial charge in [0.15, 0.2) is 0 Å². The Hall–Kier alpha value is -5.60. The number of rotatable bonds is 8. The molecule has 278 valence electrons. The first kappa shape index (κ1) is 36.1. The van der Waals surface area contributed by atoms with Crippen LogP contribution in [0.1, 0.15) is 87.5 Å². The van der Waals surface area contributed by atoms with E-state index in [9.17, 15) is 0 Å². The highest BCUT2D eigenvalue weighted by Gasteiger charge is 2.47. The number of hydrogen-bond acceptors (Lipinski definition) is 1. The number of fused-ring (bicyclic) bond motifs is 5. The van der Waals surface area contributed by atoms with Crippen LogP contribution in [0.4, 0.5) is 0 Å². The molecular weight excluding hydrogens is 677 g/mol. The Morgan fingerprint density at radius 3 is 2.52 bits per heavy atom. The summed E-state index contributed by atoms with van der Waals surface area (Å²) in [5.74, 6) is 1.85. The molecule has 2 nitrogen and oxygen atoms in total. The van der Waals surface area contributed by atoms with Crippen LogP contribution in [0.2, 0.25) is 0 Å². The summed E-state index contributed by atoms with van der Waals surface area (Å²) >= 11 is 0. The van der Waals surface area contributed by atoms with Crippen molar-refractivity contribution in [1.29, 1.82) is 0 Å². The van der Waals surface area contributed by atoms with Crippen molar-refractivity contribution in [2.45, 2.75) is 70.6 Å². The van der Waals surface area contributed by atoms with Gasteiger partial charge < -0.3 is 0 Å². The first-order valence-electron chi connectivity index (χ1n) is 20.9. The smallest absolute Gasteiger partial charge is 0.136 e. The summed E-state index contributed by atoms with van der Waals surface area (Å²) in [4.78, 5) is 10.7. The van der Waals surface area contributed by atoms with Gasteiger partial charge in [0.05, 0.1) is 11.1 Å². The number of aliphatic imine (C=N–C) groups is 2. The Balaban J connectivity index is 1.10. The highest BCUT2D eigenvalue weighted by atomic mass is 14.9. The molecule has 0 saturated heterocycles. The number of unbranched alkanes of at least 4 members (excludes halogenated alkanes) is 1. The third-order valence-corrected chi connectivity index (χ3v) is 12.7. The Labute approximate surface area is 334 Å². The number of hydrogen-bond donors (Lipinski definition) is 0. The fraction of sp³-hybridized carbons (Fsp3) is 0.259. The van der Waals surface area contributed by atoms with Gasteiger partial charge in [-0.2, -0.15) is 0 Å². The van der Waals surface area contributed by atoms with E-state index < -0.39 is 5.41 Å². The summed E-state index contributed by atoms with van der Waals surface area (Å²) in [6, 6.07) is 27.1. The van der Waals surface area contributed by atoms with Gasteiger partial charge in [0, 0.05) is 17.5 Å². The minimum Gasteiger partial charge on any atom is -0.237 e. The van der Waals surface area contributed by atoms with Gasteiger partial charge in [-0.05, 0) is 120 Å². The molecule has 0 bridgehead atoms. The number of amidine groups is 1. The van der Waals surface area contributed by atoms with Crippen LogP contribution in [0.25, 0.3) is 11.1 Å². The minimum absolute atomic E-state index is 0.0851. The Kier molecular flexibility index (Phi) is 9.98. The zero-order valence-electron chi connectivity index (χ0n) is 32.9. The standard InChI is InChI=1S/C54H52N2/c1-4-5-17-39-26-32-47-44(34-39)30-28-40-27-29-42(35-50(40)47)37(2)55-53(41-18-9-6-10-19-41)56-38(3)43-31-33-49-48-24-15-16-25-51(48)54(52(49)36-43,45-20-11-7-12-21-45)46-22-13-8-14-23-46/h6-7,9-13,15-18,20-26,28,30-33,35-36,41,44,47H,2,4-5,8,14,19,27,29,34H2,1,3H3/b39-17-,55-53?,56-38?. The molecule has 0 fully saturated rings. The lowest BCUT2D eigenvalue weighted by Crippen LogP contribution is -2.29. The molecule has 3 aromatic carbocycles. The molecule has 0 amide bonds. The van der Waals surface area contributed by atoms with E-state index in [0.29, 0.717) is 11.8 Å². The Morgan fingerprint density at radius 1 is 0.839 bits per heavy atom. The molecule has 0 aromatic heterocycles. The van der Waals surface area contributed by atoms with Crippen LogP contribution in [0.3, 0.4) is 0 Å². The molecule has 0 saturated carbocycles. The maximum absolute atomic E-state index is 5.42. The number of allylic oxidation sites excluding steroid dienone is 17. The average Bonchev–Trinajstić information content (AvgIpc) is 3.56. The molecule has 0 spiro atoms. The van der Waals surface area contributed by atoms with Crippen LogP contribution >= 0.6 is 0 Å². The summed E-state index contributed by atoms with van der Waals surface area (Å²) < 4.78 is 0. The topological polar surface area (TPSA) is 24.7 Å². The van der Waals surface area contributed by atoms with E-state index in [1.807, 2.05) is 0 Å².